The molecule has 0 unspecified atom stereocenters. The van der Waals surface area contributed by atoms with E-state index < -0.39 is 5.97 Å². The van der Waals surface area contributed by atoms with Crippen LogP contribution in [0.3, 0.4) is 0 Å². The van der Waals surface area contributed by atoms with E-state index in [1.807, 2.05) is 29.2 Å². The van der Waals surface area contributed by atoms with Crippen LogP contribution in [0, 0.1) is 0 Å². The summed E-state index contributed by atoms with van der Waals surface area (Å²) in [6, 6.07) is 12.7. The number of benzene rings is 1. The SMILES string of the molecule is CC(=O)N1CCC(c2cccc(-c3ccccc3C(=O)O)n2)CC1. The smallest absolute Gasteiger partial charge is 0.336 e. The lowest BCUT2D eigenvalue weighted by molar-refractivity contribution is -0.129. The van der Waals surface area contributed by atoms with Crippen molar-refractivity contribution < 1.29 is 14.7 Å². The molecule has 1 saturated heterocycles. The highest BCUT2D eigenvalue weighted by atomic mass is 16.4. The van der Waals surface area contributed by atoms with Crippen LogP contribution >= 0.6 is 0 Å². The van der Waals surface area contributed by atoms with Crippen molar-refractivity contribution in [3.05, 3.63) is 53.7 Å². The average Bonchev–Trinajstić information content (AvgIpc) is 2.62. The summed E-state index contributed by atoms with van der Waals surface area (Å²) in [4.78, 5) is 29.4. The zero-order valence-electron chi connectivity index (χ0n) is 13.6. The standard InChI is InChI=1S/C19H20N2O3/c1-13(22)21-11-9-14(10-12-21)17-7-4-8-18(20-17)15-5-2-3-6-16(15)19(23)24/h2-8,14H,9-12H2,1H3,(H,23,24). The number of rotatable bonds is 3. The van der Waals surface area contributed by atoms with Crippen molar-refractivity contribution >= 4 is 11.9 Å². The minimum absolute atomic E-state index is 0.116. The highest BCUT2D eigenvalue weighted by Crippen LogP contribution is 2.29. The third kappa shape index (κ3) is 3.30. The van der Waals surface area contributed by atoms with E-state index in [0.29, 0.717) is 17.2 Å². The number of carbonyl (C=O) groups excluding carboxylic acids is 1. The van der Waals surface area contributed by atoms with Gasteiger partial charge in [-0.25, -0.2) is 4.79 Å². The second kappa shape index (κ2) is 6.83. The lowest BCUT2D eigenvalue weighted by Crippen LogP contribution is -2.36. The van der Waals surface area contributed by atoms with E-state index in [1.165, 1.54) is 0 Å². The van der Waals surface area contributed by atoms with Crippen molar-refractivity contribution in [2.24, 2.45) is 0 Å². The van der Waals surface area contributed by atoms with E-state index in [9.17, 15) is 14.7 Å². The first-order valence-electron chi connectivity index (χ1n) is 8.11. The predicted molar refractivity (Wildman–Crippen MR) is 90.9 cm³/mol. The Balaban J connectivity index is 1.86. The van der Waals surface area contributed by atoms with E-state index in [2.05, 4.69) is 0 Å². The number of hydrogen-bond acceptors (Lipinski definition) is 3. The number of hydrogen-bond donors (Lipinski definition) is 1. The van der Waals surface area contributed by atoms with Crippen molar-refractivity contribution in [3.63, 3.8) is 0 Å². The fraction of sp³-hybridized carbons (Fsp3) is 0.316. The summed E-state index contributed by atoms with van der Waals surface area (Å²) in [7, 11) is 0. The molecule has 1 aromatic heterocycles. The Morgan fingerprint density at radius 3 is 2.46 bits per heavy atom. The number of carbonyl (C=O) groups is 2. The Bertz CT molecular complexity index is 765. The summed E-state index contributed by atoms with van der Waals surface area (Å²) in [5.74, 6) is -0.532. The lowest BCUT2D eigenvalue weighted by Gasteiger charge is -2.31. The molecule has 5 heteroatoms. The molecule has 1 aliphatic rings. The molecule has 0 aliphatic carbocycles. The first-order chi connectivity index (χ1) is 11.6. The molecule has 1 amide bonds. The third-order valence-electron chi connectivity index (χ3n) is 4.56. The van der Waals surface area contributed by atoms with Gasteiger partial charge >= 0.3 is 5.97 Å². The van der Waals surface area contributed by atoms with Gasteiger partial charge in [0.15, 0.2) is 0 Å². The average molecular weight is 324 g/mol. The number of carboxylic acids is 1. The molecule has 1 fully saturated rings. The second-order valence-electron chi connectivity index (χ2n) is 6.08. The van der Waals surface area contributed by atoms with Crippen molar-refractivity contribution in [2.75, 3.05) is 13.1 Å². The van der Waals surface area contributed by atoms with Crippen LogP contribution in [0.5, 0.6) is 0 Å². The fourth-order valence-corrected chi connectivity index (χ4v) is 3.21. The fourth-order valence-electron chi connectivity index (χ4n) is 3.21. The number of carboxylic acid groups (broad SMARTS) is 1. The van der Waals surface area contributed by atoms with Gasteiger partial charge in [-0.15, -0.1) is 0 Å². The summed E-state index contributed by atoms with van der Waals surface area (Å²) in [5, 5.41) is 9.36. The van der Waals surface area contributed by atoms with Crippen LogP contribution < -0.4 is 0 Å². The number of amides is 1. The monoisotopic (exact) mass is 324 g/mol. The predicted octanol–water partition coefficient (Wildman–Crippen LogP) is 3.17. The van der Waals surface area contributed by atoms with Gasteiger partial charge in [0.25, 0.3) is 0 Å². The highest BCUT2D eigenvalue weighted by Gasteiger charge is 2.23. The molecule has 2 heterocycles. The van der Waals surface area contributed by atoms with Crippen molar-refractivity contribution in [1.82, 2.24) is 9.88 Å². The third-order valence-corrected chi connectivity index (χ3v) is 4.56. The van der Waals surface area contributed by atoms with E-state index in [1.54, 1.807) is 25.1 Å². The molecule has 2 aromatic rings. The van der Waals surface area contributed by atoms with Gasteiger partial charge in [-0.3, -0.25) is 9.78 Å². The Hall–Kier alpha value is -2.69. The van der Waals surface area contributed by atoms with Crippen LogP contribution in [0.1, 0.15) is 41.7 Å². The van der Waals surface area contributed by atoms with Crippen LogP contribution in [-0.2, 0) is 4.79 Å². The quantitative estimate of drug-likeness (QED) is 0.941. The Labute approximate surface area is 140 Å². The zero-order valence-corrected chi connectivity index (χ0v) is 13.6. The molecule has 0 saturated carbocycles. The summed E-state index contributed by atoms with van der Waals surface area (Å²) in [6.07, 6.45) is 1.77. The van der Waals surface area contributed by atoms with E-state index in [0.717, 1.165) is 31.6 Å². The van der Waals surface area contributed by atoms with Gasteiger partial charge in [-0.05, 0) is 31.0 Å². The number of nitrogens with zero attached hydrogens (tertiary/aromatic N) is 2. The lowest BCUT2D eigenvalue weighted by atomic mass is 9.92. The van der Waals surface area contributed by atoms with Crippen molar-refractivity contribution in [1.29, 1.82) is 0 Å². The van der Waals surface area contributed by atoms with Gasteiger partial charge in [0.05, 0.1) is 11.3 Å². The molecule has 0 spiro atoms. The van der Waals surface area contributed by atoms with Gasteiger partial charge < -0.3 is 10.0 Å². The van der Waals surface area contributed by atoms with Gasteiger partial charge in [0.2, 0.25) is 5.91 Å². The molecular weight excluding hydrogens is 304 g/mol. The zero-order chi connectivity index (χ0) is 17.1. The normalized spacial score (nSPS) is 15.3. The van der Waals surface area contributed by atoms with Crippen molar-refractivity contribution in [3.8, 4) is 11.3 Å². The van der Waals surface area contributed by atoms with Crippen LogP contribution in [0.2, 0.25) is 0 Å². The maximum atomic E-state index is 11.4. The van der Waals surface area contributed by atoms with E-state index >= 15 is 0 Å². The molecule has 124 valence electrons. The number of aromatic carboxylic acids is 1. The second-order valence-corrected chi connectivity index (χ2v) is 6.08. The van der Waals surface area contributed by atoms with Gasteiger partial charge in [0, 0.05) is 37.2 Å². The topological polar surface area (TPSA) is 70.5 Å². The largest absolute Gasteiger partial charge is 0.478 e. The summed E-state index contributed by atoms with van der Waals surface area (Å²) < 4.78 is 0. The molecule has 24 heavy (non-hydrogen) atoms. The van der Waals surface area contributed by atoms with E-state index in [-0.39, 0.29) is 11.5 Å². The molecule has 1 N–H and O–H groups in total. The first-order valence-corrected chi connectivity index (χ1v) is 8.11. The molecule has 5 nitrogen and oxygen atoms in total. The van der Waals surface area contributed by atoms with Crippen LogP contribution in [0.4, 0.5) is 0 Å². The van der Waals surface area contributed by atoms with Crippen LogP contribution in [0.15, 0.2) is 42.5 Å². The Kier molecular flexibility index (Phi) is 4.60. The molecular formula is C19H20N2O3. The van der Waals surface area contributed by atoms with Gasteiger partial charge in [-0.2, -0.15) is 0 Å². The maximum absolute atomic E-state index is 11.4. The van der Waals surface area contributed by atoms with Crippen molar-refractivity contribution in [2.45, 2.75) is 25.7 Å². The maximum Gasteiger partial charge on any atom is 0.336 e. The van der Waals surface area contributed by atoms with Gasteiger partial charge in [0.1, 0.15) is 0 Å². The molecule has 1 aliphatic heterocycles. The molecule has 0 bridgehead atoms. The summed E-state index contributed by atoms with van der Waals surface area (Å²) in [5.41, 5.74) is 2.54. The van der Waals surface area contributed by atoms with E-state index in [4.69, 9.17) is 4.98 Å². The number of aromatic nitrogens is 1. The number of pyridine rings is 1. The number of piperidine rings is 1. The molecule has 0 radical (unpaired) electrons. The minimum atomic E-state index is -0.951. The number of likely N-dealkylation sites (tertiary alicyclic amines) is 1. The molecule has 0 atom stereocenters. The molecule has 3 rings (SSSR count). The minimum Gasteiger partial charge on any atom is -0.478 e. The molecule has 1 aromatic carbocycles. The Morgan fingerprint density at radius 1 is 1.08 bits per heavy atom. The highest BCUT2D eigenvalue weighted by molar-refractivity contribution is 5.95. The van der Waals surface area contributed by atoms with Crippen LogP contribution in [-0.4, -0.2) is 40.0 Å². The first kappa shape index (κ1) is 16.2. The summed E-state index contributed by atoms with van der Waals surface area (Å²) >= 11 is 0. The van der Waals surface area contributed by atoms with Crippen LogP contribution in [0.25, 0.3) is 11.3 Å². The summed E-state index contributed by atoms with van der Waals surface area (Å²) in [6.45, 7) is 3.09. The van der Waals surface area contributed by atoms with Gasteiger partial charge in [-0.1, -0.05) is 24.3 Å². The Morgan fingerprint density at radius 2 is 1.79 bits per heavy atom.